The van der Waals surface area contributed by atoms with Crippen LogP contribution in [0.15, 0.2) is 0 Å². The summed E-state index contributed by atoms with van der Waals surface area (Å²) in [5, 5.41) is 0. The number of carbonyl (C=O) groups excluding carboxylic acids is 1. The second-order valence-corrected chi connectivity index (χ2v) is 5.89. The zero-order valence-corrected chi connectivity index (χ0v) is 13.1. The normalized spacial score (nSPS) is 13.4. The number of ether oxygens (including phenoxy) is 1. The Morgan fingerprint density at radius 2 is 1.67 bits per heavy atom. The van der Waals surface area contributed by atoms with Crippen LogP contribution in [0.4, 0.5) is 0 Å². The summed E-state index contributed by atoms with van der Waals surface area (Å²) in [4.78, 5) is 12.1. The molecule has 0 spiro atoms. The molecule has 18 heavy (non-hydrogen) atoms. The van der Waals surface area contributed by atoms with Crippen molar-refractivity contribution in [2.75, 3.05) is 0 Å². The molecule has 0 aliphatic rings. The van der Waals surface area contributed by atoms with Crippen LogP contribution in [0.25, 0.3) is 0 Å². The molecule has 0 rings (SSSR count). The van der Waals surface area contributed by atoms with Crippen LogP contribution in [0.5, 0.6) is 0 Å². The van der Waals surface area contributed by atoms with Crippen molar-refractivity contribution in [1.82, 2.24) is 0 Å². The van der Waals surface area contributed by atoms with E-state index in [1.807, 2.05) is 13.8 Å². The Kier molecular flexibility index (Phi) is 9.13. The van der Waals surface area contributed by atoms with Gasteiger partial charge in [0.15, 0.2) is 0 Å². The molecular weight excluding hydrogens is 224 g/mol. The Morgan fingerprint density at radius 1 is 1.06 bits per heavy atom. The number of unbranched alkanes of at least 4 members (excludes halogenated alkanes) is 3. The van der Waals surface area contributed by atoms with Gasteiger partial charge in [-0.3, -0.25) is 4.79 Å². The Morgan fingerprint density at radius 3 is 2.17 bits per heavy atom. The Labute approximate surface area is 113 Å². The molecule has 2 nitrogen and oxygen atoms in total. The van der Waals surface area contributed by atoms with Gasteiger partial charge < -0.3 is 4.74 Å². The van der Waals surface area contributed by atoms with Crippen molar-refractivity contribution in [3.05, 3.63) is 0 Å². The van der Waals surface area contributed by atoms with Crippen molar-refractivity contribution in [1.29, 1.82) is 0 Å². The van der Waals surface area contributed by atoms with Gasteiger partial charge in [0.1, 0.15) is 5.60 Å². The third-order valence-electron chi connectivity index (χ3n) is 3.49. The van der Waals surface area contributed by atoms with Crippen LogP contribution in [-0.4, -0.2) is 11.6 Å². The monoisotopic (exact) mass is 256 g/mol. The molecule has 0 heterocycles. The molecule has 0 radical (unpaired) electrons. The summed E-state index contributed by atoms with van der Waals surface area (Å²) in [5.74, 6) is 0.0999. The largest absolute Gasteiger partial charge is 0.459 e. The van der Waals surface area contributed by atoms with E-state index in [4.69, 9.17) is 4.74 Å². The number of carbonyl (C=O) groups is 1. The Hall–Kier alpha value is -0.530. The minimum absolute atomic E-state index is 0.00690. The van der Waals surface area contributed by atoms with E-state index in [0.29, 0.717) is 0 Å². The molecule has 0 aromatic carbocycles. The predicted molar refractivity (Wildman–Crippen MR) is 77.6 cm³/mol. The van der Waals surface area contributed by atoms with E-state index in [0.717, 1.165) is 38.5 Å². The minimum atomic E-state index is -0.300. The first-order valence-electron chi connectivity index (χ1n) is 7.69. The van der Waals surface area contributed by atoms with Gasteiger partial charge in [0.05, 0.1) is 5.92 Å². The first kappa shape index (κ1) is 17.5. The Bertz CT molecular complexity index is 221. The molecule has 108 valence electrons. The lowest BCUT2D eigenvalue weighted by atomic mass is 9.97. The lowest BCUT2D eigenvalue weighted by molar-refractivity contribution is -0.162. The van der Waals surface area contributed by atoms with Crippen molar-refractivity contribution < 1.29 is 9.53 Å². The second-order valence-electron chi connectivity index (χ2n) is 5.89. The molecule has 0 aliphatic heterocycles. The third-order valence-corrected chi connectivity index (χ3v) is 3.49. The van der Waals surface area contributed by atoms with Gasteiger partial charge in [-0.15, -0.1) is 0 Å². The second kappa shape index (κ2) is 9.41. The van der Waals surface area contributed by atoms with Gasteiger partial charge in [-0.05, 0) is 39.5 Å². The van der Waals surface area contributed by atoms with Gasteiger partial charge in [-0.1, -0.05) is 46.5 Å². The summed E-state index contributed by atoms with van der Waals surface area (Å²) >= 11 is 0. The molecule has 0 aromatic heterocycles. The van der Waals surface area contributed by atoms with Gasteiger partial charge >= 0.3 is 5.97 Å². The highest BCUT2D eigenvalue weighted by molar-refractivity contribution is 5.72. The molecule has 0 N–H and O–H groups in total. The van der Waals surface area contributed by atoms with E-state index >= 15 is 0 Å². The summed E-state index contributed by atoms with van der Waals surface area (Å²) in [7, 11) is 0. The molecule has 0 saturated carbocycles. The highest BCUT2D eigenvalue weighted by atomic mass is 16.6. The molecule has 0 aliphatic carbocycles. The Balaban J connectivity index is 4.15. The third kappa shape index (κ3) is 7.73. The van der Waals surface area contributed by atoms with E-state index in [2.05, 4.69) is 20.8 Å². The number of hydrogen-bond acceptors (Lipinski definition) is 2. The van der Waals surface area contributed by atoms with E-state index in [9.17, 15) is 4.79 Å². The maximum atomic E-state index is 12.1. The molecule has 0 amide bonds. The van der Waals surface area contributed by atoms with Crippen molar-refractivity contribution in [2.24, 2.45) is 5.92 Å². The quantitative estimate of drug-likeness (QED) is 0.401. The molecule has 2 heteroatoms. The molecule has 0 saturated heterocycles. The average Bonchev–Trinajstić information content (AvgIpc) is 2.29. The number of hydrogen-bond donors (Lipinski definition) is 0. The van der Waals surface area contributed by atoms with E-state index in [1.54, 1.807) is 0 Å². The lowest BCUT2D eigenvalue weighted by Gasteiger charge is -2.27. The molecule has 1 unspecified atom stereocenters. The maximum absolute atomic E-state index is 12.1. The van der Waals surface area contributed by atoms with Crippen LogP contribution in [0.1, 0.15) is 86.0 Å². The van der Waals surface area contributed by atoms with Crippen LogP contribution in [0.2, 0.25) is 0 Å². The average molecular weight is 256 g/mol. The van der Waals surface area contributed by atoms with E-state index in [-0.39, 0.29) is 17.5 Å². The SMILES string of the molecule is CCCCCC(C)(C)OC(=O)C(CC)CCCC. The van der Waals surface area contributed by atoms with Crippen LogP contribution in [0.3, 0.4) is 0 Å². The molecule has 0 bridgehead atoms. The minimum Gasteiger partial charge on any atom is -0.459 e. The zero-order chi connectivity index (χ0) is 14.0. The van der Waals surface area contributed by atoms with Gasteiger partial charge in [-0.25, -0.2) is 0 Å². The van der Waals surface area contributed by atoms with E-state index < -0.39 is 0 Å². The summed E-state index contributed by atoms with van der Waals surface area (Å²) in [6.45, 7) is 10.5. The summed E-state index contributed by atoms with van der Waals surface area (Å²) in [5.41, 5.74) is -0.300. The molecule has 0 fully saturated rings. The van der Waals surface area contributed by atoms with Gasteiger partial charge in [0, 0.05) is 0 Å². The first-order chi connectivity index (χ1) is 8.46. The van der Waals surface area contributed by atoms with Crippen molar-refractivity contribution in [2.45, 2.75) is 91.6 Å². The van der Waals surface area contributed by atoms with Crippen LogP contribution >= 0.6 is 0 Å². The lowest BCUT2D eigenvalue weighted by Crippen LogP contribution is -2.31. The molecule has 1 atom stereocenters. The van der Waals surface area contributed by atoms with Gasteiger partial charge in [0.2, 0.25) is 0 Å². The highest BCUT2D eigenvalue weighted by Crippen LogP contribution is 2.23. The summed E-state index contributed by atoms with van der Waals surface area (Å²) < 4.78 is 5.70. The fourth-order valence-corrected chi connectivity index (χ4v) is 2.15. The maximum Gasteiger partial charge on any atom is 0.309 e. The topological polar surface area (TPSA) is 26.3 Å². The molecular formula is C16H32O2. The fraction of sp³-hybridized carbons (Fsp3) is 0.938. The van der Waals surface area contributed by atoms with Crippen LogP contribution < -0.4 is 0 Å². The zero-order valence-electron chi connectivity index (χ0n) is 13.1. The smallest absolute Gasteiger partial charge is 0.309 e. The van der Waals surface area contributed by atoms with Crippen molar-refractivity contribution in [3.63, 3.8) is 0 Å². The fourth-order valence-electron chi connectivity index (χ4n) is 2.15. The van der Waals surface area contributed by atoms with Crippen molar-refractivity contribution >= 4 is 5.97 Å². The summed E-state index contributed by atoms with van der Waals surface area (Å²) in [6.07, 6.45) is 8.65. The van der Waals surface area contributed by atoms with Crippen LogP contribution in [-0.2, 0) is 9.53 Å². The molecule has 0 aromatic rings. The first-order valence-corrected chi connectivity index (χ1v) is 7.69. The van der Waals surface area contributed by atoms with E-state index in [1.165, 1.54) is 12.8 Å². The number of rotatable bonds is 10. The van der Waals surface area contributed by atoms with Crippen LogP contribution in [0, 0.1) is 5.92 Å². The van der Waals surface area contributed by atoms with Gasteiger partial charge in [0.25, 0.3) is 0 Å². The summed E-state index contributed by atoms with van der Waals surface area (Å²) in [6, 6.07) is 0. The highest BCUT2D eigenvalue weighted by Gasteiger charge is 2.26. The predicted octanol–water partition coefficient (Wildman–Crippen LogP) is 5.10. The van der Waals surface area contributed by atoms with Gasteiger partial charge in [-0.2, -0.15) is 0 Å². The van der Waals surface area contributed by atoms with Crippen molar-refractivity contribution in [3.8, 4) is 0 Å². The number of esters is 1. The standard InChI is InChI=1S/C16H32O2/c1-6-9-11-13-16(4,5)18-15(17)14(8-3)12-10-7-2/h14H,6-13H2,1-5H3.